The molecule has 1 rings (SSSR count). The van der Waals surface area contributed by atoms with Crippen LogP contribution in [0.5, 0.6) is 0 Å². The van der Waals surface area contributed by atoms with Crippen LogP contribution in [0.25, 0.3) is 0 Å². The van der Waals surface area contributed by atoms with Gasteiger partial charge in [-0.1, -0.05) is 0 Å². The molecule has 0 fully saturated rings. The molecule has 2 radical (unpaired) electrons. The minimum absolute atomic E-state index is 0.00297. The first-order valence-corrected chi connectivity index (χ1v) is 8.44. The number of esters is 1. The van der Waals surface area contributed by atoms with Crippen LogP contribution >= 0.6 is 0 Å². The number of carbonyl (C=O) groups excluding carboxylic acids is 1. The Morgan fingerprint density at radius 2 is 1.95 bits per heavy atom. The van der Waals surface area contributed by atoms with Gasteiger partial charge < -0.3 is 0 Å². The van der Waals surface area contributed by atoms with Crippen molar-refractivity contribution in [2.45, 2.75) is 50.7 Å². The number of aryl methyl sites for hydroxylation is 1. The first-order chi connectivity index (χ1) is 10.2. The molecule has 120 valence electrons. The van der Waals surface area contributed by atoms with Gasteiger partial charge in [-0.05, 0) is 0 Å². The molecule has 0 atom stereocenters. The topological polar surface area (TPSA) is 63.6 Å². The van der Waals surface area contributed by atoms with Gasteiger partial charge in [-0.25, -0.2) is 0 Å². The Morgan fingerprint density at radius 1 is 1.27 bits per heavy atom. The van der Waals surface area contributed by atoms with Crippen molar-refractivity contribution in [3.05, 3.63) is 34.9 Å². The molecule has 0 unspecified atom stereocenters. The van der Waals surface area contributed by atoms with E-state index in [1.165, 1.54) is 6.07 Å². The van der Waals surface area contributed by atoms with E-state index in [-0.39, 0.29) is 15.3 Å². The molecule has 0 heterocycles. The molecular weight excluding hydrogens is 343 g/mol. The zero-order chi connectivity index (χ0) is 16.8. The molecule has 1 aromatic rings. The first-order valence-electron chi connectivity index (χ1n) is 7.50. The number of hydrogen-bond donors (Lipinski definition) is 1. The van der Waals surface area contributed by atoms with E-state index in [0.29, 0.717) is 6.61 Å². The fourth-order valence-electron chi connectivity index (χ4n) is 1.94. The second-order valence-electron chi connectivity index (χ2n) is 5.99. The van der Waals surface area contributed by atoms with Crippen LogP contribution in [0.15, 0.2) is 18.2 Å². The van der Waals surface area contributed by atoms with E-state index in [2.05, 4.69) is 30.7 Å². The van der Waals surface area contributed by atoms with Gasteiger partial charge in [0.15, 0.2) is 0 Å². The monoisotopic (exact) mass is 366 g/mol. The third kappa shape index (κ3) is 6.23. The summed E-state index contributed by atoms with van der Waals surface area (Å²) in [6, 6.07) is 4.91. The molecule has 1 N–H and O–H groups in total. The number of unbranched alkanes of at least 4 members (excludes halogenated alkanes) is 1. The molecule has 1 aromatic carbocycles. The zero-order valence-electron chi connectivity index (χ0n) is 13.4. The molecule has 0 aromatic heterocycles. The summed E-state index contributed by atoms with van der Waals surface area (Å²) < 4.78 is 5.28. The Hall–Kier alpha value is -1.28. The van der Waals surface area contributed by atoms with E-state index in [1.54, 1.807) is 12.1 Å². The predicted octanol–water partition coefficient (Wildman–Crippen LogP) is 3.64. The Labute approximate surface area is 140 Å². The average Bonchev–Trinajstić information content (AvgIpc) is 2.44. The van der Waals surface area contributed by atoms with Gasteiger partial charge in [0.2, 0.25) is 0 Å². The SMILES string of the molecule is CCCCOC(=O)c1cc(CCC(C)(C)[As])ccc1C(=O)O. The number of carbonyl (C=O) groups is 2. The van der Waals surface area contributed by atoms with E-state index in [9.17, 15) is 14.7 Å². The van der Waals surface area contributed by atoms with Crippen LogP contribution in [-0.4, -0.2) is 40.5 Å². The number of aromatic carboxylic acids is 1. The summed E-state index contributed by atoms with van der Waals surface area (Å²) in [5, 5.41) is 9.23. The Balaban J connectivity index is 2.95. The van der Waals surface area contributed by atoms with E-state index < -0.39 is 11.9 Å². The number of rotatable bonds is 8. The molecule has 0 aliphatic rings. The minimum atomic E-state index is -1.11. The van der Waals surface area contributed by atoms with Crippen LogP contribution in [0.2, 0.25) is 4.20 Å². The van der Waals surface area contributed by atoms with Gasteiger partial charge in [-0.3, -0.25) is 0 Å². The Bertz CT molecular complexity index is 532. The van der Waals surface area contributed by atoms with Crippen molar-refractivity contribution in [2.24, 2.45) is 0 Å². The number of benzene rings is 1. The molecule has 0 aliphatic heterocycles. The van der Waals surface area contributed by atoms with Crippen molar-refractivity contribution in [3.63, 3.8) is 0 Å². The second-order valence-corrected chi connectivity index (χ2v) is 8.53. The van der Waals surface area contributed by atoms with Gasteiger partial charge in [0, 0.05) is 0 Å². The van der Waals surface area contributed by atoms with Crippen molar-refractivity contribution in [2.75, 3.05) is 6.61 Å². The molecule has 0 aliphatic carbocycles. The molecule has 0 bridgehead atoms. The standard InChI is InChI=1S/C17H23AsO4/c1-4-5-10-22-16(21)14-11-12(8-9-17(2,3)18)6-7-13(14)15(19)20/h6-7,11H,4-5,8-10H2,1-3H3,(H,19,20). The molecule has 22 heavy (non-hydrogen) atoms. The van der Waals surface area contributed by atoms with Crippen molar-refractivity contribution in [1.29, 1.82) is 0 Å². The maximum atomic E-state index is 12.1. The number of carboxylic acids is 1. The summed E-state index contributed by atoms with van der Waals surface area (Å²) in [5.74, 6) is -1.67. The van der Waals surface area contributed by atoms with E-state index in [1.807, 2.05) is 6.92 Å². The van der Waals surface area contributed by atoms with Gasteiger partial charge in [-0.15, -0.1) is 0 Å². The number of hydrogen-bond acceptors (Lipinski definition) is 3. The molecule has 5 heteroatoms. The maximum absolute atomic E-state index is 12.1. The van der Waals surface area contributed by atoms with Crippen LogP contribution in [0.4, 0.5) is 0 Å². The second kappa shape index (κ2) is 8.38. The van der Waals surface area contributed by atoms with Crippen LogP contribution in [-0.2, 0) is 11.2 Å². The van der Waals surface area contributed by atoms with Gasteiger partial charge in [0.05, 0.1) is 0 Å². The van der Waals surface area contributed by atoms with Gasteiger partial charge in [0.1, 0.15) is 0 Å². The summed E-state index contributed by atoms with van der Waals surface area (Å²) in [4.78, 5) is 23.4. The summed E-state index contributed by atoms with van der Waals surface area (Å²) in [5.41, 5.74) is 1.09. The molecule has 0 saturated heterocycles. The summed E-state index contributed by atoms with van der Waals surface area (Å²) in [6.45, 7) is 6.57. The Kier molecular flexibility index (Phi) is 7.15. The van der Waals surface area contributed by atoms with Gasteiger partial charge >= 0.3 is 140 Å². The third-order valence-electron chi connectivity index (χ3n) is 3.29. The first kappa shape index (κ1) is 18.8. The van der Waals surface area contributed by atoms with Crippen LogP contribution < -0.4 is 0 Å². The fraction of sp³-hybridized carbons (Fsp3) is 0.529. The van der Waals surface area contributed by atoms with E-state index in [4.69, 9.17) is 4.74 Å². The van der Waals surface area contributed by atoms with Crippen LogP contribution in [0.3, 0.4) is 0 Å². The summed E-state index contributed by atoms with van der Waals surface area (Å²) >= 11 is 2.63. The summed E-state index contributed by atoms with van der Waals surface area (Å²) in [6.07, 6.45) is 3.42. The van der Waals surface area contributed by atoms with Crippen LogP contribution in [0.1, 0.15) is 66.3 Å². The number of ether oxygens (including phenoxy) is 1. The van der Waals surface area contributed by atoms with Crippen LogP contribution in [0, 0.1) is 0 Å². The predicted molar refractivity (Wildman–Crippen MR) is 86.7 cm³/mol. The van der Waals surface area contributed by atoms with Crippen molar-refractivity contribution < 1.29 is 19.4 Å². The van der Waals surface area contributed by atoms with E-state index in [0.717, 1.165) is 31.2 Å². The molecule has 0 amide bonds. The molecule has 0 saturated carbocycles. The Morgan fingerprint density at radius 3 is 2.50 bits per heavy atom. The van der Waals surface area contributed by atoms with Crippen molar-refractivity contribution >= 4 is 28.8 Å². The zero-order valence-corrected chi connectivity index (χ0v) is 15.3. The normalized spacial score (nSPS) is 11.3. The van der Waals surface area contributed by atoms with E-state index >= 15 is 0 Å². The molecule has 4 nitrogen and oxygen atoms in total. The quantitative estimate of drug-likeness (QED) is 0.433. The number of carboxylic acid groups (broad SMARTS) is 1. The third-order valence-corrected chi connectivity index (χ3v) is 3.76. The van der Waals surface area contributed by atoms with Crippen molar-refractivity contribution in [3.8, 4) is 0 Å². The summed E-state index contributed by atoms with van der Waals surface area (Å²) in [7, 11) is 0. The average molecular weight is 366 g/mol. The molecule has 0 spiro atoms. The van der Waals surface area contributed by atoms with Gasteiger partial charge in [-0.2, -0.15) is 0 Å². The van der Waals surface area contributed by atoms with Gasteiger partial charge in [0.25, 0.3) is 0 Å². The molecular formula is C17H23AsO4. The fourth-order valence-corrected chi connectivity index (χ4v) is 2.17. The van der Waals surface area contributed by atoms with Crippen molar-refractivity contribution in [1.82, 2.24) is 0 Å².